The van der Waals surface area contributed by atoms with Crippen molar-refractivity contribution in [1.82, 2.24) is 4.98 Å². The lowest BCUT2D eigenvalue weighted by atomic mass is 9.95. The highest BCUT2D eigenvalue weighted by Gasteiger charge is 2.42. The van der Waals surface area contributed by atoms with Crippen molar-refractivity contribution in [1.29, 1.82) is 0 Å². The maximum absolute atomic E-state index is 13.3. The van der Waals surface area contributed by atoms with Gasteiger partial charge in [-0.1, -0.05) is 6.92 Å². The van der Waals surface area contributed by atoms with E-state index in [1.807, 2.05) is 0 Å². The summed E-state index contributed by atoms with van der Waals surface area (Å²) >= 11 is 0. The molecule has 0 unspecified atom stereocenters. The van der Waals surface area contributed by atoms with Gasteiger partial charge in [-0.3, -0.25) is 0 Å². The van der Waals surface area contributed by atoms with Gasteiger partial charge in [-0.2, -0.15) is 13.2 Å². The minimum Gasteiger partial charge on any atom is -0.462 e. The Bertz CT molecular complexity index is 675. The molecule has 0 aliphatic carbocycles. The van der Waals surface area contributed by atoms with Crippen LogP contribution < -0.4 is 0 Å². The third-order valence-electron chi connectivity index (χ3n) is 3.15. The van der Waals surface area contributed by atoms with Crippen LogP contribution in [-0.4, -0.2) is 36.8 Å². The van der Waals surface area contributed by atoms with Crippen molar-refractivity contribution in [3.63, 3.8) is 0 Å². The molecule has 0 saturated carbocycles. The predicted octanol–water partition coefficient (Wildman–Crippen LogP) is 3.90. The van der Waals surface area contributed by atoms with Gasteiger partial charge < -0.3 is 9.47 Å². The molecular formula is C15H15F6NO4. The minimum absolute atomic E-state index is 0.294. The maximum atomic E-state index is 13.3. The van der Waals surface area contributed by atoms with E-state index in [1.165, 1.54) is 13.8 Å². The van der Waals surface area contributed by atoms with Crippen molar-refractivity contribution in [2.45, 2.75) is 32.9 Å². The molecular weight excluding hydrogens is 372 g/mol. The molecule has 0 aromatic carbocycles. The molecule has 1 rings (SSSR count). The van der Waals surface area contributed by atoms with E-state index in [1.54, 1.807) is 0 Å². The molecule has 0 saturated heterocycles. The highest BCUT2D eigenvalue weighted by molar-refractivity contribution is 5.99. The fraction of sp³-hybridized carbons (Fsp3) is 0.533. The fourth-order valence-corrected chi connectivity index (χ4v) is 2.23. The first kappa shape index (κ1) is 21.7. The largest absolute Gasteiger partial charge is 0.462 e. The smallest absolute Gasteiger partial charge is 0.434 e. The number of hydrogen-bond donors (Lipinski definition) is 0. The zero-order valence-electron chi connectivity index (χ0n) is 13.8. The van der Waals surface area contributed by atoms with Crippen LogP contribution in [0.2, 0.25) is 0 Å². The molecule has 0 amide bonds. The first-order chi connectivity index (χ1) is 12.1. The summed E-state index contributed by atoms with van der Waals surface area (Å²) in [6.45, 7) is 0.363. The third kappa shape index (κ3) is 4.64. The van der Waals surface area contributed by atoms with Crippen LogP contribution in [0.15, 0.2) is 0 Å². The minimum atomic E-state index is -5.25. The van der Waals surface area contributed by atoms with Crippen molar-refractivity contribution >= 4 is 11.9 Å². The Morgan fingerprint density at radius 2 is 1.65 bits per heavy atom. The Morgan fingerprint density at radius 1 is 1.08 bits per heavy atom. The van der Waals surface area contributed by atoms with Crippen molar-refractivity contribution in [3.05, 3.63) is 28.1 Å². The first-order valence-corrected chi connectivity index (χ1v) is 7.42. The standard InChI is InChI=1S/C15H15F6NO4/c1-3-7-8(13(23)26-6-5-16)10(12(17)18)22-11(15(19,20)21)9(7)14(24)25-4-2/h12H,3-6H2,1-2H3. The number of ether oxygens (including phenoxy) is 2. The molecule has 0 radical (unpaired) electrons. The van der Waals surface area contributed by atoms with Crippen LogP contribution in [0, 0.1) is 0 Å². The van der Waals surface area contributed by atoms with Crippen LogP contribution in [-0.2, 0) is 22.1 Å². The molecule has 0 aliphatic heterocycles. The summed E-state index contributed by atoms with van der Waals surface area (Å²) in [5.41, 5.74) is -6.16. The molecule has 1 aromatic rings. The quantitative estimate of drug-likeness (QED) is 0.524. The van der Waals surface area contributed by atoms with E-state index < -0.39 is 72.3 Å². The second-order valence-electron chi connectivity index (χ2n) is 4.77. The molecule has 0 aliphatic rings. The molecule has 0 fully saturated rings. The zero-order valence-corrected chi connectivity index (χ0v) is 13.8. The number of halogens is 6. The lowest BCUT2D eigenvalue weighted by Crippen LogP contribution is -2.25. The average Bonchev–Trinajstić information content (AvgIpc) is 2.56. The molecule has 5 nitrogen and oxygen atoms in total. The summed E-state index contributed by atoms with van der Waals surface area (Å²) in [6, 6.07) is 0. The lowest BCUT2D eigenvalue weighted by molar-refractivity contribution is -0.142. The average molecular weight is 387 g/mol. The SMILES string of the molecule is CCOC(=O)c1c(C(F)(F)F)nc(C(F)F)c(C(=O)OCCF)c1CC. The van der Waals surface area contributed by atoms with Crippen LogP contribution in [0.25, 0.3) is 0 Å². The number of hydrogen-bond acceptors (Lipinski definition) is 5. The zero-order chi connectivity index (χ0) is 20.1. The van der Waals surface area contributed by atoms with Crippen LogP contribution >= 0.6 is 0 Å². The highest BCUT2D eigenvalue weighted by Crippen LogP contribution is 2.37. The summed E-state index contributed by atoms with van der Waals surface area (Å²) in [7, 11) is 0. The Kier molecular flexibility index (Phi) is 7.40. The van der Waals surface area contributed by atoms with Crippen molar-refractivity contribution in [2.24, 2.45) is 0 Å². The summed E-state index contributed by atoms with van der Waals surface area (Å²) in [5, 5.41) is 0. The van der Waals surface area contributed by atoms with Gasteiger partial charge in [-0.05, 0) is 18.9 Å². The monoisotopic (exact) mass is 387 g/mol. The Hall–Kier alpha value is -2.33. The normalized spacial score (nSPS) is 11.6. The van der Waals surface area contributed by atoms with Gasteiger partial charge in [-0.15, -0.1) is 0 Å². The number of rotatable bonds is 7. The molecule has 0 N–H and O–H groups in total. The lowest BCUT2D eigenvalue weighted by Gasteiger charge is -2.20. The van der Waals surface area contributed by atoms with E-state index in [9.17, 15) is 35.9 Å². The molecule has 11 heteroatoms. The second kappa shape index (κ2) is 8.86. The molecule has 1 aromatic heterocycles. The van der Waals surface area contributed by atoms with Gasteiger partial charge in [-0.25, -0.2) is 27.7 Å². The third-order valence-corrected chi connectivity index (χ3v) is 3.15. The molecule has 146 valence electrons. The van der Waals surface area contributed by atoms with Gasteiger partial charge >= 0.3 is 18.1 Å². The van der Waals surface area contributed by atoms with Gasteiger partial charge in [0.25, 0.3) is 6.43 Å². The van der Waals surface area contributed by atoms with Gasteiger partial charge in [0.2, 0.25) is 0 Å². The van der Waals surface area contributed by atoms with Gasteiger partial charge in [0, 0.05) is 0 Å². The molecule has 0 bridgehead atoms. The molecule has 0 atom stereocenters. The van der Waals surface area contributed by atoms with Crippen LogP contribution in [0.4, 0.5) is 26.3 Å². The summed E-state index contributed by atoms with van der Waals surface area (Å²) in [5.74, 6) is -2.97. The van der Waals surface area contributed by atoms with E-state index >= 15 is 0 Å². The summed E-state index contributed by atoms with van der Waals surface area (Å²) in [6.07, 6.45) is -9.22. The van der Waals surface area contributed by atoms with E-state index in [-0.39, 0.29) is 6.61 Å². The second-order valence-corrected chi connectivity index (χ2v) is 4.77. The number of nitrogens with zero attached hydrogens (tertiary/aromatic N) is 1. The van der Waals surface area contributed by atoms with E-state index in [4.69, 9.17) is 0 Å². The number of alkyl halides is 6. The van der Waals surface area contributed by atoms with E-state index in [2.05, 4.69) is 14.5 Å². The van der Waals surface area contributed by atoms with E-state index in [0.717, 1.165) is 0 Å². The van der Waals surface area contributed by atoms with Crippen LogP contribution in [0.5, 0.6) is 0 Å². The topological polar surface area (TPSA) is 65.5 Å². The number of carbonyl (C=O) groups is 2. The Morgan fingerprint density at radius 3 is 2.08 bits per heavy atom. The first-order valence-electron chi connectivity index (χ1n) is 7.42. The predicted molar refractivity (Wildman–Crippen MR) is 75.8 cm³/mol. The number of carbonyl (C=O) groups excluding carboxylic acids is 2. The van der Waals surface area contributed by atoms with Gasteiger partial charge in [0.1, 0.15) is 19.0 Å². The fourth-order valence-electron chi connectivity index (χ4n) is 2.23. The van der Waals surface area contributed by atoms with Crippen molar-refractivity contribution in [2.75, 3.05) is 19.9 Å². The van der Waals surface area contributed by atoms with Gasteiger partial charge in [0.05, 0.1) is 17.7 Å². The summed E-state index contributed by atoms with van der Waals surface area (Å²) < 4.78 is 87.4. The van der Waals surface area contributed by atoms with Crippen molar-refractivity contribution in [3.8, 4) is 0 Å². The maximum Gasteiger partial charge on any atom is 0.434 e. The van der Waals surface area contributed by atoms with Crippen molar-refractivity contribution < 1.29 is 45.4 Å². The number of aromatic nitrogens is 1. The summed E-state index contributed by atoms with van der Waals surface area (Å²) in [4.78, 5) is 26.8. The number of pyridine rings is 1. The Balaban J connectivity index is 3.85. The highest BCUT2D eigenvalue weighted by atomic mass is 19.4. The molecule has 0 spiro atoms. The Labute approximate surface area is 144 Å². The van der Waals surface area contributed by atoms with E-state index in [0.29, 0.717) is 0 Å². The molecule has 1 heterocycles. The number of esters is 2. The molecule has 26 heavy (non-hydrogen) atoms. The van der Waals surface area contributed by atoms with Crippen LogP contribution in [0.3, 0.4) is 0 Å². The van der Waals surface area contributed by atoms with Crippen LogP contribution in [0.1, 0.15) is 57.9 Å². The van der Waals surface area contributed by atoms with Gasteiger partial charge in [0.15, 0.2) is 5.69 Å².